The number of rotatable bonds is 3. The molecule has 1 aromatic rings. The van der Waals surface area contributed by atoms with Gasteiger partial charge in [-0.25, -0.2) is 8.78 Å². The Balaban J connectivity index is 2.29. The smallest absolute Gasteiger partial charge is 0.129 e. The highest BCUT2D eigenvalue weighted by Gasteiger charge is 2.36. The van der Waals surface area contributed by atoms with E-state index in [0.717, 1.165) is 18.9 Å². The molecule has 0 aromatic heterocycles. The number of nitrogens with one attached hydrogen (secondary N) is 1. The summed E-state index contributed by atoms with van der Waals surface area (Å²) in [5.41, 5.74) is 0.299. The molecule has 3 heteroatoms. The number of halogens is 2. The van der Waals surface area contributed by atoms with Crippen molar-refractivity contribution in [2.75, 3.05) is 6.54 Å². The molecule has 1 aromatic carbocycles. The van der Waals surface area contributed by atoms with E-state index in [2.05, 4.69) is 38.2 Å². The Morgan fingerprint density at radius 2 is 1.79 bits per heavy atom. The minimum absolute atomic E-state index is 0.0217. The van der Waals surface area contributed by atoms with Crippen molar-refractivity contribution < 1.29 is 8.78 Å². The van der Waals surface area contributed by atoms with Gasteiger partial charge in [-0.2, -0.15) is 0 Å². The monoisotopic (exact) mass is 265 g/mol. The molecule has 1 aliphatic rings. The Morgan fingerprint density at radius 1 is 1.16 bits per heavy atom. The van der Waals surface area contributed by atoms with Crippen LogP contribution in [0, 0.1) is 11.6 Å². The van der Waals surface area contributed by atoms with Gasteiger partial charge in [-0.05, 0) is 45.2 Å². The first-order chi connectivity index (χ1) is 8.82. The van der Waals surface area contributed by atoms with Crippen molar-refractivity contribution in [2.45, 2.75) is 44.6 Å². The van der Waals surface area contributed by atoms with Crippen molar-refractivity contribution in [3.63, 3.8) is 0 Å². The van der Waals surface area contributed by atoms with E-state index >= 15 is 0 Å². The van der Waals surface area contributed by atoms with Crippen molar-refractivity contribution >= 4 is 0 Å². The maximum atomic E-state index is 14.1. The van der Waals surface area contributed by atoms with Crippen LogP contribution in [0.2, 0.25) is 0 Å². The van der Waals surface area contributed by atoms with E-state index in [1.807, 2.05) is 0 Å². The van der Waals surface area contributed by atoms with Crippen LogP contribution >= 0.6 is 0 Å². The molecule has 2 rings (SSSR count). The SMILES string of the molecule is CC(C)(C)NCC1(c2ccc(F)cc2F)CC=CC1. The summed E-state index contributed by atoms with van der Waals surface area (Å²) >= 11 is 0. The minimum Gasteiger partial charge on any atom is -0.311 e. The second kappa shape index (κ2) is 5.04. The van der Waals surface area contributed by atoms with Crippen LogP contribution in [0.15, 0.2) is 30.4 Å². The molecule has 1 N–H and O–H groups in total. The molecule has 0 atom stereocenters. The van der Waals surface area contributed by atoms with Crippen LogP contribution in [0.4, 0.5) is 8.78 Å². The van der Waals surface area contributed by atoms with Crippen LogP contribution in [-0.2, 0) is 5.41 Å². The Hall–Kier alpha value is -1.22. The average Bonchev–Trinajstić information content (AvgIpc) is 2.75. The zero-order valence-electron chi connectivity index (χ0n) is 11.8. The summed E-state index contributed by atoms with van der Waals surface area (Å²) in [5, 5.41) is 3.44. The maximum absolute atomic E-state index is 14.1. The first-order valence-corrected chi connectivity index (χ1v) is 6.68. The maximum Gasteiger partial charge on any atom is 0.129 e. The van der Waals surface area contributed by atoms with Crippen LogP contribution in [-0.4, -0.2) is 12.1 Å². The summed E-state index contributed by atoms with van der Waals surface area (Å²) in [6, 6.07) is 3.91. The van der Waals surface area contributed by atoms with E-state index < -0.39 is 11.6 Å². The van der Waals surface area contributed by atoms with Crippen LogP contribution in [0.5, 0.6) is 0 Å². The Bertz CT molecular complexity index is 478. The lowest BCUT2D eigenvalue weighted by Gasteiger charge is -2.34. The van der Waals surface area contributed by atoms with Gasteiger partial charge in [0, 0.05) is 23.6 Å². The number of benzene rings is 1. The van der Waals surface area contributed by atoms with Gasteiger partial charge in [0.25, 0.3) is 0 Å². The third-order valence-corrected chi connectivity index (χ3v) is 3.64. The fourth-order valence-corrected chi connectivity index (χ4v) is 2.51. The Labute approximate surface area is 113 Å². The minimum atomic E-state index is -0.522. The molecule has 104 valence electrons. The Kier molecular flexibility index (Phi) is 3.77. The van der Waals surface area contributed by atoms with E-state index in [9.17, 15) is 8.78 Å². The first kappa shape index (κ1) is 14.2. The van der Waals surface area contributed by atoms with Gasteiger partial charge in [0.1, 0.15) is 11.6 Å². The molecule has 0 aliphatic heterocycles. The van der Waals surface area contributed by atoms with Gasteiger partial charge < -0.3 is 5.32 Å². The molecule has 0 fully saturated rings. The molecular weight excluding hydrogens is 244 g/mol. The molecule has 0 saturated heterocycles. The average molecular weight is 265 g/mol. The van der Waals surface area contributed by atoms with Crippen LogP contribution < -0.4 is 5.32 Å². The summed E-state index contributed by atoms with van der Waals surface area (Å²) in [6.45, 7) is 6.95. The molecule has 0 radical (unpaired) electrons. The largest absolute Gasteiger partial charge is 0.311 e. The van der Waals surface area contributed by atoms with Gasteiger partial charge in [0.15, 0.2) is 0 Å². The van der Waals surface area contributed by atoms with Gasteiger partial charge in [-0.15, -0.1) is 0 Å². The van der Waals surface area contributed by atoms with Gasteiger partial charge in [0.2, 0.25) is 0 Å². The molecule has 0 bridgehead atoms. The van der Waals surface area contributed by atoms with Crippen molar-refractivity contribution in [3.05, 3.63) is 47.5 Å². The third kappa shape index (κ3) is 3.21. The highest BCUT2D eigenvalue weighted by Crippen LogP contribution is 2.38. The second-order valence-electron chi connectivity index (χ2n) is 6.39. The summed E-state index contributed by atoms with van der Waals surface area (Å²) in [5.74, 6) is -0.967. The Morgan fingerprint density at radius 3 is 2.32 bits per heavy atom. The normalized spacial score (nSPS) is 17.9. The van der Waals surface area contributed by atoms with Crippen molar-refractivity contribution in [2.24, 2.45) is 0 Å². The van der Waals surface area contributed by atoms with Crippen molar-refractivity contribution in [3.8, 4) is 0 Å². The number of hydrogen-bond acceptors (Lipinski definition) is 1. The highest BCUT2D eigenvalue weighted by atomic mass is 19.1. The van der Waals surface area contributed by atoms with E-state index in [0.29, 0.717) is 12.1 Å². The van der Waals surface area contributed by atoms with Gasteiger partial charge in [0.05, 0.1) is 0 Å². The van der Waals surface area contributed by atoms with Crippen LogP contribution in [0.25, 0.3) is 0 Å². The summed E-state index contributed by atoms with van der Waals surface area (Å²) < 4.78 is 27.1. The van der Waals surface area contributed by atoms with Crippen molar-refractivity contribution in [1.82, 2.24) is 5.32 Å². The summed E-state index contributed by atoms with van der Waals surface area (Å²) in [4.78, 5) is 0. The van der Waals surface area contributed by atoms with E-state index in [1.54, 1.807) is 6.07 Å². The summed E-state index contributed by atoms with van der Waals surface area (Å²) in [6.07, 6.45) is 5.73. The second-order valence-corrected chi connectivity index (χ2v) is 6.39. The molecule has 1 aliphatic carbocycles. The molecule has 0 heterocycles. The standard InChI is InChI=1S/C16H21F2N/c1-15(2,3)19-11-16(8-4-5-9-16)13-7-6-12(17)10-14(13)18/h4-7,10,19H,8-9,11H2,1-3H3. The quantitative estimate of drug-likeness (QED) is 0.816. The molecule has 0 saturated carbocycles. The van der Waals surface area contributed by atoms with Gasteiger partial charge in [-0.1, -0.05) is 18.2 Å². The first-order valence-electron chi connectivity index (χ1n) is 6.68. The zero-order valence-corrected chi connectivity index (χ0v) is 11.8. The predicted molar refractivity (Wildman–Crippen MR) is 74.2 cm³/mol. The molecule has 0 unspecified atom stereocenters. The lowest BCUT2D eigenvalue weighted by molar-refractivity contribution is 0.332. The fourth-order valence-electron chi connectivity index (χ4n) is 2.51. The van der Waals surface area contributed by atoms with E-state index in [4.69, 9.17) is 0 Å². The fraction of sp³-hybridized carbons (Fsp3) is 0.500. The van der Waals surface area contributed by atoms with Crippen LogP contribution in [0.3, 0.4) is 0 Å². The molecule has 0 spiro atoms. The third-order valence-electron chi connectivity index (χ3n) is 3.64. The van der Waals surface area contributed by atoms with Gasteiger partial charge in [-0.3, -0.25) is 0 Å². The lowest BCUT2D eigenvalue weighted by Crippen LogP contribution is -2.45. The molecule has 1 nitrogen and oxygen atoms in total. The van der Waals surface area contributed by atoms with E-state index in [1.165, 1.54) is 6.07 Å². The van der Waals surface area contributed by atoms with Gasteiger partial charge >= 0.3 is 0 Å². The summed E-state index contributed by atoms with van der Waals surface area (Å²) in [7, 11) is 0. The van der Waals surface area contributed by atoms with Crippen molar-refractivity contribution in [1.29, 1.82) is 0 Å². The molecule has 19 heavy (non-hydrogen) atoms. The zero-order chi connectivity index (χ0) is 14.1. The van der Waals surface area contributed by atoms with E-state index in [-0.39, 0.29) is 11.0 Å². The topological polar surface area (TPSA) is 12.0 Å². The number of allylic oxidation sites excluding steroid dienone is 2. The molecule has 0 amide bonds. The lowest BCUT2D eigenvalue weighted by atomic mass is 9.77. The van der Waals surface area contributed by atoms with Crippen LogP contribution in [0.1, 0.15) is 39.2 Å². The number of hydrogen-bond donors (Lipinski definition) is 1. The molecular formula is C16H21F2N. The highest BCUT2D eigenvalue weighted by molar-refractivity contribution is 5.32. The predicted octanol–water partition coefficient (Wildman–Crippen LogP) is 3.94.